The molecule has 0 unspecified atom stereocenters. The third kappa shape index (κ3) is 2.09. The van der Waals surface area contributed by atoms with E-state index in [1.54, 1.807) is 6.07 Å². The minimum absolute atomic E-state index is 0.349. The van der Waals surface area contributed by atoms with Crippen LogP contribution in [0.3, 0.4) is 0 Å². The van der Waals surface area contributed by atoms with E-state index in [9.17, 15) is 4.39 Å². The van der Waals surface area contributed by atoms with Crippen LogP contribution in [-0.2, 0) is 0 Å². The second kappa shape index (κ2) is 4.00. The third-order valence-corrected chi connectivity index (χ3v) is 3.45. The van der Waals surface area contributed by atoms with Gasteiger partial charge in [-0.05, 0) is 24.3 Å². The van der Waals surface area contributed by atoms with Crippen molar-refractivity contribution in [3.8, 4) is 11.1 Å². The molecule has 78 valence electrons. The van der Waals surface area contributed by atoms with Crippen LogP contribution in [-0.4, -0.2) is 0 Å². The molecule has 0 atom stereocenters. The summed E-state index contributed by atoms with van der Waals surface area (Å²) in [6.07, 6.45) is 0. The van der Waals surface area contributed by atoms with Crippen molar-refractivity contribution in [3.05, 3.63) is 38.8 Å². The van der Waals surface area contributed by atoms with E-state index in [2.05, 4.69) is 0 Å². The maximum Gasteiger partial charge on any atom is 0.123 e. The topological polar surface area (TPSA) is 26.0 Å². The van der Waals surface area contributed by atoms with E-state index in [-0.39, 0.29) is 5.82 Å². The van der Waals surface area contributed by atoms with Crippen LogP contribution in [0.25, 0.3) is 11.1 Å². The average Bonchev–Trinajstić information content (AvgIpc) is 2.50. The predicted molar refractivity (Wildman–Crippen MR) is 64.1 cm³/mol. The summed E-state index contributed by atoms with van der Waals surface area (Å²) in [5.74, 6) is -0.349. The Balaban J connectivity index is 2.62. The lowest BCUT2D eigenvalue weighted by atomic mass is 10.1. The summed E-state index contributed by atoms with van der Waals surface area (Å²) in [6.45, 7) is 0. The van der Waals surface area contributed by atoms with Gasteiger partial charge in [-0.25, -0.2) is 4.39 Å². The number of thiophene rings is 1. The van der Waals surface area contributed by atoms with Crippen LogP contribution < -0.4 is 5.73 Å². The highest BCUT2D eigenvalue weighted by atomic mass is 35.5. The van der Waals surface area contributed by atoms with Gasteiger partial charge >= 0.3 is 0 Å². The van der Waals surface area contributed by atoms with Crippen molar-refractivity contribution in [1.82, 2.24) is 0 Å². The van der Waals surface area contributed by atoms with Gasteiger partial charge in [-0.2, -0.15) is 0 Å². The lowest BCUT2D eigenvalue weighted by Crippen LogP contribution is -1.90. The molecular weight excluding hydrogens is 256 g/mol. The van der Waals surface area contributed by atoms with E-state index in [0.29, 0.717) is 25.5 Å². The van der Waals surface area contributed by atoms with Crippen LogP contribution in [0.2, 0.25) is 8.67 Å². The quantitative estimate of drug-likeness (QED) is 0.755. The predicted octanol–water partition coefficient (Wildman–Crippen LogP) is 4.44. The molecule has 0 amide bonds. The van der Waals surface area contributed by atoms with Crippen molar-refractivity contribution in [1.29, 1.82) is 0 Å². The molecule has 0 aliphatic rings. The third-order valence-electron chi connectivity index (χ3n) is 1.96. The van der Waals surface area contributed by atoms with Gasteiger partial charge in [0.1, 0.15) is 10.2 Å². The van der Waals surface area contributed by atoms with Crippen molar-refractivity contribution in [2.75, 3.05) is 5.73 Å². The van der Waals surface area contributed by atoms with Crippen molar-refractivity contribution in [2.45, 2.75) is 0 Å². The molecular formula is C10H6Cl2FNS. The first kappa shape index (κ1) is 10.7. The normalized spacial score (nSPS) is 10.6. The van der Waals surface area contributed by atoms with Gasteiger partial charge in [-0.15, -0.1) is 11.3 Å². The fourth-order valence-corrected chi connectivity index (χ4v) is 2.78. The largest absolute Gasteiger partial charge is 0.398 e. The van der Waals surface area contributed by atoms with Crippen LogP contribution in [0, 0.1) is 5.82 Å². The number of hydrogen-bond acceptors (Lipinski definition) is 2. The number of hydrogen-bond donors (Lipinski definition) is 1. The average molecular weight is 262 g/mol. The Kier molecular flexibility index (Phi) is 2.87. The van der Waals surface area contributed by atoms with Crippen molar-refractivity contribution < 1.29 is 4.39 Å². The molecule has 1 nitrogen and oxygen atoms in total. The van der Waals surface area contributed by atoms with Gasteiger partial charge in [-0.1, -0.05) is 23.2 Å². The second-order valence-corrected chi connectivity index (χ2v) is 5.26. The van der Waals surface area contributed by atoms with Crippen molar-refractivity contribution in [3.63, 3.8) is 0 Å². The first-order valence-electron chi connectivity index (χ1n) is 4.08. The Hall–Kier alpha value is -0.770. The minimum Gasteiger partial charge on any atom is -0.398 e. The van der Waals surface area contributed by atoms with E-state index >= 15 is 0 Å². The van der Waals surface area contributed by atoms with E-state index < -0.39 is 0 Å². The molecule has 0 bridgehead atoms. The number of benzene rings is 1. The zero-order chi connectivity index (χ0) is 11.0. The second-order valence-electron chi connectivity index (χ2n) is 2.97. The molecule has 5 heteroatoms. The van der Waals surface area contributed by atoms with Gasteiger partial charge in [0.2, 0.25) is 0 Å². The highest BCUT2D eigenvalue weighted by molar-refractivity contribution is 7.20. The van der Waals surface area contributed by atoms with Crippen molar-refractivity contribution in [2.24, 2.45) is 0 Å². The first-order chi connectivity index (χ1) is 7.08. The highest BCUT2D eigenvalue weighted by Gasteiger charge is 2.11. The zero-order valence-electron chi connectivity index (χ0n) is 7.43. The SMILES string of the molecule is Nc1ccc(F)cc1-c1cc(Cl)sc1Cl. The van der Waals surface area contributed by atoms with E-state index in [1.165, 1.54) is 29.5 Å². The number of rotatable bonds is 1. The van der Waals surface area contributed by atoms with Gasteiger partial charge in [0.05, 0.1) is 4.34 Å². The summed E-state index contributed by atoms with van der Waals surface area (Å²) in [7, 11) is 0. The minimum atomic E-state index is -0.349. The number of nitrogen functional groups attached to an aromatic ring is 1. The van der Waals surface area contributed by atoms with Gasteiger partial charge < -0.3 is 5.73 Å². The monoisotopic (exact) mass is 261 g/mol. The Morgan fingerprint density at radius 2 is 1.87 bits per heavy atom. The number of halogens is 3. The standard InChI is InChI=1S/C10H6Cl2FNS/c11-9-4-7(10(12)15-9)6-3-5(13)1-2-8(6)14/h1-4H,14H2. The van der Waals surface area contributed by atoms with Crippen LogP contribution in [0.1, 0.15) is 0 Å². The summed E-state index contributed by atoms with van der Waals surface area (Å²) in [5.41, 5.74) is 7.46. The molecule has 1 aromatic carbocycles. The lowest BCUT2D eigenvalue weighted by molar-refractivity contribution is 0.628. The molecule has 0 saturated carbocycles. The molecule has 2 rings (SSSR count). The fraction of sp³-hybridized carbons (Fsp3) is 0. The molecule has 0 radical (unpaired) electrons. The molecule has 2 N–H and O–H groups in total. The Bertz CT molecular complexity index is 510. The van der Waals surface area contributed by atoms with E-state index in [1.807, 2.05) is 0 Å². The maximum absolute atomic E-state index is 13.0. The molecule has 0 aliphatic heterocycles. The number of anilines is 1. The van der Waals surface area contributed by atoms with E-state index in [4.69, 9.17) is 28.9 Å². The summed E-state index contributed by atoms with van der Waals surface area (Å²) < 4.78 is 14.1. The Morgan fingerprint density at radius 3 is 2.47 bits per heavy atom. The molecule has 2 aromatic rings. The summed E-state index contributed by atoms with van der Waals surface area (Å²) in [6, 6.07) is 5.84. The van der Waals surface area contributed by atoms with Gasteiger partial charge in [0, 0.05) is 16.8 Å². The maximum atomic E-state index is 13.0. The zero-order valence-corrected chi connectivity index (χ0v) is 9.76. The molecule has 0 fully saturated rings. The smallest absolute Gasteiger partial charge is 0.123 e. The van der Waals surface area contributed by atoms with Crippen LogP contribution in [0.15, 0.2) is 24.3 Å². The Morgan fingerprint density at radius 1 is 1.13 bits per heavy atom. The molecule has 15 heavy (non-hydrogen) atoms. The lowest BCUT2D eigenvalue weighted by Gasteiger charge is -2.03. The van der Waals surface area contributed by atoms with Crippen molar-refractivity contribution >= 4 is 40.2 Å². The van der Waals surface area contributed by atoms with Gasteiger partial charge in [0.25, 0.3) is 0 Å². The molecule has 1 aromatic heterocycles. The fourth-order valence-electron chi connectivity index (χ4n) is 1.29. The van der Waals surface area contributed by atoms with E-state index in [0.717, 1.165) is 0 Å². The van der Waals surface area contributed by atoms with Crippen LogP contribution >= 0.6 is 34.5 Å². The summed E-state index contributed by atoms with van der Waals surface area (Å²) in [4.78, 5) is 0. The van der Waals surface area contributed by atoms with Gasteiger partial charge in [-0.3, -0.25) is 0 Å². The first-order valence-corrected chi connectivity index (χ1v) is 5.65. The van der Waals surface area contributed by atoms with Crippen LogP contribution in [0.4, 0.5) is 10.1 Å². The molecule has 0 spiro atoms. The highest BCUT2D eigenvalue weighted by Crippen LogP contribution is 2.40. The molecule has 0 saturated heterocycles. The van der Waals surface area contributed by atoms with Crippen LogP contribution in [0.5, 0.6) is 0 Å². The molecule has 0 aliphatic carbocycles. The number of nitrogens with two attached hydrogens (primary N) is 1. The Labute approximate surface area is 100 Å². The molecule has 1 heterocycles. The van der Waals surface area contributed by atoms with Gasteiger partial charge in [0.15, 0.2) is 0 Å². The summed E-state index contributed by atoms with van der Waals surface area (Å²) >= 11 is 13.0. The summed E-state index contributed by atoms with van der Waals surface area (Å²) in [5, 5.41) is 0.